The molecule has 0 saturated carbocycles. The molecule has 0 spiro atoms. The third kappa shape index (κ3) is 6.27. The Balaban J connectivity index is 1.52. The molecule has 1 aliphatic rings. The molecule has 1 aromatic heterocycles. The van der Waals surface area contributed by atoms with Gasteiger partial charge in [-0.05, 0) is 95.0 Å². The Morgan fingerprint density at radius 3 is 2.27 bits per heavy atom. The predicted molar refractivity (Wildman–Crippen MR) is 173 cm³/mol. The highest BCUT2D eigenvalue weighted by Gasteiger charge is 2.45. The van der Waals surface area contributed by atoms with E-state index in [1.165, 1.54) is 6.20 Å². The normalized spacial score (nSPS) is 16.1. The lowest BCUT2D eigenvalue weighted by atomic mass is 9.77. The van der Waals surface area contributed by atoms with E-state index < -0.39 is 5.82 Å². The van der Waals surface area contributed by atoms with Crippen LogP contribution in [0.3, 0.4) is 0 Å². The second-order valence-corrected chi connectivity index (χ2v) is 12.9. The molecule has 0 bridgehead atoms. The van der Waals surface area contributed by atoms with Crippen LogP contribution in [0.2, 0.25) is 0 Å². The van der Waals surface area contributed by atoms with Gasteiger partial charge in [0.25, 0.3) is 0 Å². The first kappa shape index (κ1) is 30.7. The first-order valence-corrected chi connectivity index (χ1v) is 14.8. The average Bonchev–Trinajstić information content (AvgIpc) is 3.00. The summed E-state index contributed by atoms with van der Waals surface area (Å²) in [5.74, 6) is -0.00417. The lowest BCUT2D eigenvalue weighted by molar-refractivity contribution is -0.0132. The van der Waals surface area contributed by atoms with Gasteiger partial charge in [-0.15, -0.1) is 0 Å². The van der Waals surface area contributed by atoms with E-state index in [2.05, 4.69) is 67.0 Å². The maximum absolute atomic E-state index is 15.7. The topological polar surface area (TPSA) is 91.9 Å². The molecule has 0 amide bonds. The second-order valence-electron chi connectivity index (χ2n) is 12.9. The van der Waals surface area contributed by atoms with Crippen LogP contribution in [0.15, 0.2) is 72.9 Å². The van der Waals surface area contributed by atoms with Crippen molar-refractivity contribution >= 4 is 17.5 Å². The molecular weight excluding hydrogens is 549 g/mol. The number of piperidine rings is 1. The SMILES string of the molecule is Cc1ccc(Nc2ncc(F)c(N(Cc3ccc(-c4ccccc4C#N)cc3)C3CC(C)(C)N(C)C(C)(C)C3)n2)cc1C#N. The molecule has 224 valence electrons. The van der Waals surface area contributed by atoms with Crippen molar-refractivity contribution in [2.75, 3.05) is 17.3 Å². The number of hydrogen-bond acceptors (Lipinski definition) is 7. The zero-order valence-corrected chi connectivity index (χ0v) is 26.2. The van der Waals surface area contributed by atoms with Crippen LogP contribution >= 0.6 is 0 Å². The number of nitrogens with one attached hydrogen (secondary N) is 1. The van der Waals surface area contributed by atoms with Gasteiger partial charge < -0.3 is 10.2 Å². The molecular formula is C36H38FN7. The van der Waals surface area contributed by atoms with Gasteiger partial charge in [0.15, 0.2) is 11.6 Å². The molecule has 7 nitrogen and oxygen atoms in total. The van der Waals surface area contributed by atoms with Crippen LogP contribution in [-0.2, 0) is 6.54 Å². The Hall–Kier alpha value is -4.79. The number of aryl methyl sites for hydroxylation is 1. The molecule has 2 heterocycles. The molecule has 0 aliphatic carbocycles. The predicted octanol–water partition coefficient (Wildman–Crippen LogP) is 7.74. The fourth-order valence-corrected chi connectivity index (χ4v) is 6.30. The summed E-state index contributed by atoms with van der Waals surface area (Å²) in [5, 5.41) is 22.2. The number of rotatable bonds is 7. The van der Waals surface area contributed by atoms with Crippen molar-refractivity contribution in [1.29, 1.82) is 10.5 Å². The minimum absolute atomic E-state index is 0.00277. The summed E-state index contributed by atoms with van der Waals surface area (Å²) in [7, 11) is 2.16. The fourth-order valence-electron chi connectivity index (χ4n) is 6.30. The van der Waals surface area contributed by atoms with E-state index >= 15 is 4.39 Å². The molecule has 8 heteroatoms. The van der Waals surface area contributed by atoms with Crippen LogP contribution in [-0.4, -0.2) is 39.0 Å². The van der Waals surface area contributed by atoms with Gasteiger partial charge in [-0.25, -0.2) is 9.37 Å². The molecule has 1 N–H and O–H groups in total. The van der Waals surface area contributed by atoms with Crippen molar-refractivity contribution < 1.29 is 4.39 Å². The van der Waals surface area contributed by atoms with Crippen LogP contribution in [0, 0.1) is 35.4 Å². The number of anilines is 3. The van der Waals surface area contributed by atoms with Crippen LogP contribution in [0.5, 0.6) is 0 Å². The van der Waals surface area contributed by atoms with Crippen molar-refractivity contribution in [2.45, 2.75) is 71.1 Å². The van der Waals surface area contributed by atoms with E-state index in [4.69, 9.17) is 4.98 Å². The lowest BCUT2D eigenvalue weighted by Gasteiger charge is -2.55. The summed E-state index contributed by atoms with van der Waals surface area (Å²) in [6.45, 7) is 11.2. The van der Waals surface area contributed by atoms with Gasteiger partial charge in [0.2, 0.25) is 5.95 Å². The standard InChI is InChI=1S/C36H38FN7/c1-24-11-16-29(17-28(24)21-39)41-34-40-22-32(37)33(42-34)44(30-18-35(2,3)43(6)36(4,5)19-30)23-25-12-14-26(15-13-25)31-10-8-7-9-27(31)20-38/h7-17,22,30H,18-19,23H2,1-6H3,(H,40,41,42). The Labute approximate surface area is 259 Å². The molecule has 4 aromatic rings. The lowest BCUT2D eigenvalue weighted by Crippen LogP contribution is -2.62. The van der Waals surface area contributed by atoms with Gasteiger partial charge >= 0.3 is 0 Å². The van der Waals surface area contributed by atoms with E-state index in [-0.39, 0.29) is 28.9 Å². The van der Waals surface area contributed by atoms with Crippen molar-refractivity contribution in [3.63, 3.8) is 0 Å². The largest absolute Gasteiger partial charge is 0.347 e. The Morgan fingerprint density at radius 2 is 1.61 bits per heavy atom. The van der Waals surface area contributed by atoms with Crippen molar-refractivity contribution in [1.82, 2.24) is 14.9 Å². The van der Waals surface area contributed by atoms with Gasteiger partial charge in [0, 0.05) is 29.4 Å². The van der Waals surface area contributed by atoms with Gasteiger partial charge in [-0.1, -0.05) is 48.5 Å². The number of benzene rings is 3. The molecule has 0 atom stereocenters. The fraction of sp³-hybridized carbons (Fsp3) is 0.333. The summed E-state index contributed by atoms with van der Waals surface area (Å²) in [6.07, 6.45) is 2.84. The Bertz CT molecular complexity index is 1730. The Kier molecular flexibility index (Phi) is 8.41. The number of hydrogen-bond donors (Lipinski definition) is 1. The van der Waals surface area contributed by atoms with Crippen molar-refractivity contribution in [2.24, 2.45) is 0 Å². The zero-order chi connectivity index (χ0) is 31.6. The molecule has 0 radical (unpaired) electrons. The number of likely N-dealkylation sites (tertiary alicyclic amines) is 1. The maximum Gasteiger partial charge on any atom is 0.229 e. The number of halogens is 1. The van der Waals surface area contributed by atoms with Crippen LogP contribution in [0.4, 0.5) is 21.8 Å². The molecule has 1 fully saturated rings. The summed E-state index contributed by atoms with van der Waals surface area (Å²) in [5.41, 5.74) is 5.28. The van der Waals surface area contributed by atoms with E-state index in [1.54, 1.807) is 6.07 Å². The molecule has 1 saturated heterocycles. The maximum atomic E-state index is 15.7. The minimum Gasteiger partial charge on any atom is -0.347 e. The van der Waals surface area contributed by atoms with Crippen LogP contribution in [0.1, 0.15) is 62.8 Å². The first-order valence-electron chi connectivity index (χ1n) is 14.8. The third-order valence-corrected chi connectivity index (χ3v) is 9.00. The van der Waals surface area contributed by atoms with Crippen molar-refractivity contribution in [3.8, 4) is 23.3 Å². The van der Waals surface area contributed by atoms with Crippen LogP contribution in [0.25, 0.3) is 11.1 Å². The third-order valence-electron chi connectivity index (χ3n) is 9.00. The number of nitriles is 2. The first-order chi connectivity index (χ1) is 20.9. The van der Waals surface area contributed by atoms with Gasteiger partial charge in [0.05, 0.1) is 29.5 Å². The van der Waals surface area contributed by atoms with Crippen LogP contribution < -0.4 is 10.2 Å². The number of aromatic nitrogens is 2. The van der Waals surface area contributed by atoms with E-state index in [9.17, 15) is 10.5 Å². The molecule has 44 heavy (non-hydrogen) atoms. The van der Waals surface area contributed by atoms with Gasteiger partial charge in [0.1, 0.15) is 0 Å². The highest BCUT2D eigenvalue weighted by Crippen LogP contribution is 2.41. The molecule has 5 rings (SSSR count). The molecule has 3 aromatic carbocycles. The smallest absolute Gasteiger partial charge is 0.229 e. The summed E-state index contributed by atoms with van der Waals surface area (Å²) >= 11 is 0. The van der Waals surface area contributed by atoms with E-state index in [1.807, 2.05) is 67.6 Å². The van der Waals surface area contributed by atoms with E-state index in [0.29, 0.717) is 23.4 Å². The summed E-state index contributed by atoms with van der Waals surface area (Å²) < 4.78 is 15.7. The number of nitrogens with zero attached hydrogens (tertiary/aromatic N) is 6. The van der Waals surface area contributed by atoms with Crippen molar-refractivity contribution in [3.05, 3.63) is 101 Å². The van der Waals surface area contributed by atoms with E-state index in [0.717, 1.165) is 35.1 Å². The highest BCUT2D eigenvalue weighted by atomic mass is 19.1. The summed E-state index contributed by atoms with van der Waals surface area (Å²) in [4.78, 5) is 13.4. The average molecular weight is 588 g/mol. The monoisotopic (exact) mass is 587 g/mol. The highest BCUT2D eigenvalue weighted by molar-refractivity contribution is 5.70. The molecule has 1 aliphatic heterocycles. The zero-order valence-electron chi connectivity index (χ0n) is 26.2. The minimum atomic E-state index is -0.494. The van der Waals surface area contributed by atoms with Gasteiger partial charge in [-0.2, -0.15) is 15.5 Å². The van der Waals surface area contributed by atoms with Gasteiger partial charge in [-0.3, -0.25) is 4.90 Å². The Morgan fingerprint density at radius 1 is 0.955 bits per heavy atom. The molecule has 0 unspecified atom stereocenters. The summed E-state index contributed by atoms with van der Waals surface area (Å²) in [6, 6.07) is 25.6. The quantitative estimate of drug-likeness (QED) is 0.236. The second kappa shape index (κ2) is 12.1.